The predicted octanol–water partition coefficient (Wildman–Crippen LogP) is 2.84. The Morgan fingerprint density at radius 2 is 2.00 bits per heavy atom. The Bertz CT molecular complexity index is 656. The smallest absolute Gasteiger partial charge is 0.227 e. The molecule has 1 amide bonds. The van der Waals surface area contributed by atoms with Gasteiger partial charge in [-0.15, -0.1) is 0 Å². The zero-order valence-corrected chi connectivity index (χ0v) is 11.8. The van der Waals surface area contributed by atoms with Gasteiger partial charge in [-0.3, -0.25) is 4.79 Å². The lowest BCUT2D eigenvalue weighted by Gasteiger charge is -2.22. The summed E-state index contributed by atoms with van der Waals surface area (Å²) in [4.78, 5) is 12.0. The minimum atomic E-state index is -0.138. The van der Waals surface area contributed by atoms with E-state index >= 15 is 0 Å². The third-order valence-corrected chi connectivity index (χ3v) is 4.01. The van der Waals surface area contributed by atoms with Gasteiger partial charge < -0.3 is 19.9 Å². The van der Waals surface area contributed by atoms with Crippen LogP contribution in [0.4, 0.5) is 0 Å². The van der Waals surface area contributed by atoms with Gasteiger partial charge in [0.05, 0.1) is 11.8 Å². The molecule has 5 heteroatoms. The first-order valence-electron chi connectivity index (χ1n) is 7.36. The van der Waals surface area contributed by atoms with E-state index in [4.69, 9.17) is 4.42 Å². The molecule has 1 heterocycles. The van der Waals surface area contributed by atoms with Crippen LogP contribution in [-0.4, -0.2) is 22.2 Å². The number of hydrogen-bond acceptors (Lipinski definition) is 4. The Hall–Kier alpha value is -2.17. The van der Waals surface area contributed by atoms with E-state index in [0.29, 0.717) is 11.0 Å². The summed E-state index contributed by atoms with van der Waals surface area (Å²) in [6.45, 7) is 0. The highest BCUT2D eigenvalue weighted by Crippen LogP contribution is 2.34. The van der Waals surface area contributed by atoms with Crippen LogP contribution in [0.3, 0.4) is 0 Å². The Morgan fingerprint density at radius 1 is 1.24 bits per heavy atom. The number of carbonyl (C=O) groups excluding carboxylic acids is 1. The number of aromatic hydroxyl groups is 2. The predicted molar refractivity (Wildman–Crippen MR) is 78.3 cm³/mol. The summed E-state index contributed by atoms with van der Waals surface area (Å²) < 4.78 is 5.47. The van der Waals surface area contributed by atoms with Crippen molar-refractivity contribution in [2.24, 2.45) is 0 Å². The maximum absolute atomic E-state index is 12.0. The first-order valence-corrected chi connectivity index (χ1v) is 7.36. The number of rotatable bonds is 3. The highest BCUT2D eigenvalue weighted by atomic mass is 16.4. The minimum Gasteiger partial charge on any atom is -0.508 e. The molecule has 0 spiro atoms. The third-order valence-electron chi connectivity index (χ3n) is 4.01. The summed E-state index contributed by atoms with van der Waals surface area (Å²) in [6, 6.07) is 4.72. The second kappa shape index (κ2) is 5.68. The topological polar surface area (TPSA) is 82.7 Å². The van der Waals surface area contributed by atoms with E-state index in [-0.39, 0.29) is 35.6 Å². The Balaban J connectivity index is 1.72. The number of phenols is 1. The molecule has 2 aromatic rings. The second-order valence-electron chi connectivity index (χ2n) is 5.63. The van der Waals surface area contributed by atoms with Crippen LogP contribution in [0.5, 0.6) is 11.5 Å². The van der Waals surface area contributed by atoms with Crippen molar-refractivity contribution < 1.29 is 19.4 Å². The molecule has 1 fully saturated rings. The van der Waals surface area contributed by atoms with Gasteiger partial charge in [-0.05, 0) is 25.0 Å². The molecular formula is C16H19NO4. The van der Waals surface area contributed by atoms with Crippen LogP contribution in [-0.2, 0) is 11.2 Å². The van der Waals surface area contributed by atoms with E-state index in [0.717, 1.165) is 25.7 Å². The van der Waals surface area contributed by atoms with Crippen LogP contribution in [0.15, 0.2) is 22.6 Å². The van der Waals surface area contributed by atoms with Gasteiger partial charge in [0.1, 0.15) is 11.3 Å². The van der Waals surface area contributed by atoms with Gasteiger partial charge >= 0.3 is 0 Å². The average molecular weight is 289 g/mol. The summed E-state index contributed by atoms with van der Waals surface area (Å²) in [5.41, 5.74) is 0.382. The van der Waals surface area contributed by atoms with E-state index in [9.17, 15) is 15.0 Å². The lowest BCUT2D eigenvalue weighted by atomic mass is 9.95. The first-order chi connectivity index (χ1) is 10.1. The molecule has 3 N–H and O–H groups in total. The highest BCUT2D eigenvalue weighted by molar-refractivity contribution is 5.88. The molecule has 0 saturated heterocycles. The third kappa shape index (κ3) is 2.96. The van der Waals surface area contributed by atoms with Gasteiger partial charge in [0.25, 0.3) is 0 Å². The molecule has 0 atom stereocenters. The molecule has 21 heavy (non-hydrogen) atoms. The normalized spacial score (nSPS) is 16.2. The Labute approximate surface area is 122 Å². The molecule has 112 valence electrons. The maximum atomic E-state index is 12.0. The lowest BCUT2D eigenvalue weighted by molar-refractivity contribution is -0.121. The monoisotopic (exact) mass is 289 g/mol. The Kier molecular flexibility index (Phi) is 3.73. The summed E-state index contributed by atoms with van der Waals surface area (Å²) in [5, 5.41) is 23.0. The van der Waals surface area contributed by atoms with Crippen LogP contribution in [0.2, 0.25) is 0 Å². The van der Waals surface area contributed by atoms with E-state index in [2.05, 4.69) is 5.32 Å². The minimum absolute atomic E-state index is 0.0117. The van der Waals surface area contributed by atoms with Crippen LogP contribution >= 0.6 is 0 Å². The Morgan fingerprint density at radius 3 is 2.76 bits per heavy atom. The van der Waals surface area contributed by atoms with Crippen molar-refractivity contribution in [2.75, 3.05) is 0 Å². The van der Waals surface area contributed by atoms with Crippen molar-refractivity contribution in [3.05, 3.63) is 24.0 Å². The standard InChI is InChI=1S/C16H19NO4/c18-11-6-7-12-13(8-11)21-14(16(12)20)9-15(19)17-10-4-2-1-3-5-10/h6-8,10,18,20H,1-5,9H2,(H,17,19). The molecule has 3 rings (SSSR count). The van der Waals surface area contributed by atoms with Crippen molar-refractivity contribution >= 4 is 16.9 Å². The number of hydrogen-bond donors (Lipinski definition) is 3. The second-order valence-corrected chi connectivity index (χ2v) is 5.63. The van der Waals surface area contributed by atoms with Crippen molar-refractivity contribution in [1.29, 1.82) is 0 Å². The molecular weight excluding hydrogens is 270 g/mol. The van der Waals surface area contributed by atoms with Crippen LogP contribution < -0.4 is 5.32 Å². The maximum Gasteiger partial charge on any atom is 0.227 e. The van der Waals surface area contributed by atoms with Crippen molar-refractivity contribution in [3.63, 3.8) is 0 Å². The van der Waals surface area contributed by atoms with E-state index in [1.807, 2.05) is 0 Å². The van der Waals surface area contributed by atoms with Crippen LogP contribution in [0.1, 0.15) is 37.9 Å². The fourth-order valence-corrected chi connectivity index (χ4v) is 2.91. The van der Waals surface area contributed by atoms with E-state index in [1.54, 1.807) is 6.07 Å². The number of fused-ring (bicyclic) bond motifs is 1. The van der Waals surface area contributed by atoms with Crippen molar-refractivity contribution in [3.8, 4) is 11.5 Å². The lowest BCUT2D eigenvalue weighted by Crippen LogP contribution is -2.37. The van der Waals surface area contributed by atoms with E-state index in [1.165, 1.54) is 18.6 Å². The molecule has 0 radical (unpaired) electrons. The molecule has 0 aliphatic heterocycles. The van der Waals surface area contributed by atoms with Crippen LogP contribution in [0.25, 0.3) is 11.0 Å². The number of nitrogens with one attached hydrogen (secondary N) is 1. The quantitative estimate of drug-likeness (QED) is 0.811. The van der Waals surface area contributed by atoms with Gasteiger partial charge in [-0.2, -0.15) is 0 Å². The number of benzene rings is 1. The van der Waals surface area contributed by atoms with Gasteiger partial charge in [0, 0.05) is 12.1 Å². The zero-order chi connectivity index (χ0) is 14.8. The fourth-order valence-electron chi connectivity index (χ4n) is 2.91. The van der Waals surface area contributed by atoms with Crippen molar-refractivity contribution in [2.45, 2.75) is 44.6 Å². The number of phenolic OH excluding ortho intramolecular Hbond substituents is 1. The highest BCUT2D eigenvalue weighted by Gasteiger charge is 2.20. The summed E-state index contributed by atoms with van der Waals surface area (Å²) in [6.07, 6.45) is 5.59. The number of furan rings is 1. The molecule has 5 nitrogen and oxygen atoms in total. The first kappa shape index (κ1) is 13.8. The molecule has 1 aliphatic rings. The SMILES string of the molecule is O=C(Cc1oc2cc(O)ccc2c1O)NC1CCCCC1. The van der Waals surface area contributed by atoms with Gasteiger partial charge in [-0.1, -0.05) is 19.3 Å². The number of carbonyl (C=O) groups is 1. The van der Waals surface area contributed by atoms with Crippen LogP contribution in [0, 0.1) is 0 Å². The molecule has 1 saturated carbocycles. The fraction of sp³-hybridized carbons (Fsp3) is 0.438. The van der Waals surface area contributed by atoms with E-state index < -0.39 is 0 Å². The molecule has 1 aromatic carbocycles. The average Bonchev–Trinajstić information content (AvgIpc) is 2.75. The summed E-state index contributed by atoms with van der Waals surface area (Å²) >= 11 is 0. The summed E-state index contributed by atoms with van der Waals surface area (Å²) in [5.74, 6) is 0.141. The molecule has 1 aliphatic carbocycles. The zero-order valence-electron chi connectivity index (χ0n) is 11.8. The molecule has 1 aromatic heterocycles. The molecule has 0 bridgehead atoms. The molecule has 0 unspecified atom stereocenters. The van der Waals surface area contributed by atoms with Crippen molar-refractivity contribution in [1.82, 2.24) is 5.32 Å². The number of amides is 1. The van der Waals surface area contributed by atoms with Gasteiger partial charge in [-0.25, -0.2) is 0 Å². The largest absolute Gasteiger partial charge is 0.508 e. The summed E-state index contributed by atoms with van der Waals surface area (Å²) in [7, 11) is 0. The van der Waals surface area contributed by atoms with Gasteiger partial charge in [0.2, 0.25) is 5.91 Å². The van der Waals surface area contributed by atoms with Gasteiger partial charge in [0.15, 0.2) is 11.5 Å².